The van der Waals surface area contributed by atoms with Crippen molar-refractivity contribution in [2.45, 2.75) is 18.9 Å². The third kappa shape index (κ3) is 3.20. The van der Waals surface area contributed by atoms with E-state index in [0.29, 0.717) is 23.9 Å². The quantitative estimate of drug-likeness (QED) is 0.895. The van der Waals surface area contributed by atoms with Crippen LogP contribution in [0, 0.1) is 0 Å². The zero-order chi connectivity index (χ0) is 12.3. The number of hydrogen-bond donors (Lipinski definition) is 1. The van der Waals surface area contributed by atoms with E-state index < -0.39 is 5.97 Å². The Hall–Kier alpha value is -1.55. The Bertz CT molecular complexity index is 459. The number of rotatable bonds is 4. The standard InChI is InChI=1S/C12H12ClNO3/c13-10-4-2-1-3-8(10)5-11-14-7-9(17-11)6-12(15)16/h1-4,9H,5-7H2,(H,15,16). The molecule has 0 fully saturated rings. The number of carboxylic acid groups (broad SMARTS) is 1. The van der Waals surface area contributed by atoms with Crippen LogP contribution in [0.2, 0.25) is 5.02 Å². The lowest BCUT2D eigenvalue weighted by Crippen LogP contribution is -2.18. The van der Waals surface area contributed by atoms with E-state index in [1.807, 2.05) is 18.2 Å². The van der Waals surface area contributed by atoms with Gasteiger partial charge in [0, 0.05) is 11.4 Å². The minimum absolute atomic E-state index is 0.0183. The molecule has 1 N–H and O–H groups in total. The van der Waals surface area contributed by atoms with Crippen LogP contribution < -0.4 is 0 Å². The summed E-state index contributed by atoms with van der Waals surface area (Å²) in [6, 6.07) is 7.46. The number of carboxylic acids is 1. The second-order valence-electron chi connectivity index (χ2n) is 3.84. The first kappa shape index (κ1) is 11.9. The topological polar surface area (TPSA) is 58.9 Å². The zero-order valence-electron chi connectivity index (χ0n) is 9.10. The summed E-state index contributed by atoms with van der Waals surface area (Å²) >= 11 is 6.02. The fourth-order valence-electron chi connectivity index (χ4n) is 1.67. The smallest absolute Gasteiger partial charge is 0.307 e. The molecule has 1 unspecified atom stereocenters. The number of benzene rings is 1. The highest BCUT2D eigenvalue weighted by Crippen LogP contribution is 2.18. The Balaban J connectivity index is 1.94. The second-order valence-corrected chi connectivity index (χ2v) is 4.25. The van der Waals surface area contributed by atoms with Crippen molar-refractivity contribution in [1.82, 2.24) is 0 Å². The normalized spacial score (nSPS) is 18.6. The molecule has 1 aromatic rings. The molecule has 1 aliphatic rings. The molecule has 5 heteroatoms. The maximum atomic E-state index is 10.5. The summed E-state index contributed by atoms with van der Waals surface area (Å²) in [6.07, 6.45) is 0.149. The van der Waals surface area contributed by atoms with Gasteiger partial charge in [0.15, 0.2) is 5.90 Å². The predicted octanol–water partition coefficient (Wildman–Crippen LogP) is 2.15. The number of aliphatic carboxylic acids is 1. The lowest BCUT2D eigenvalue weighted by atomic mass is 10.1. The van der Waals surface area contributed by atoms with Gasteiger partial charge in [0.1, 0.15) is 6.10 Å². The number of hydrogen-bond acceptors (Lipinski definition) is 3. The Morgan fingerprint density at radius 3 is 3.00 bits per heavy atom. The molecule has 90 valence electrons. The first-order valence-corrected chi connectivity index (χ1v) is 5.68. The minimum atomic E-state index is -0.871. The Labute approximate surface area is 104 Å². The first-order chi connectivity index (χ1) is 8.15. The minimum Gasteiger partial charge on any atom is -0.481 e. The number of halogens is 1. The molecule has 2 rings (SSSR count). The van der Waals surface area contributed by atoms with Gasteiger partial charge >= 0.3 is 5.97 Å². The van der Waals surface area contributed by atoms with E-state index >= 15 is 0 Å². The molecule has 17 heavy (non-hydrogen) atoms. The van der Waals surface area contributed by atoms with Gasteiger partial charge < -0.3 is 9.84 Å². The summed E-state index contributed by atoms with van der Waals surface area (Å²) in [5.74, 6) is -0.312. The van der Waals surface area contributed by atoms with Gasteiger partial charge in [-0.2, -0.15) is 0 Å². The average molecular weight is 254 g/mol. The number of nitrogens with zero attached hydrogens (tertiary/aromatic N) is 1. The molecular formula is C12H12ClNO3. The fraction of sp³-hybridized carbons (Fsp3) is 0.333. The predicted molar refractivity (Wildman–Crippen MR) is 64.6 cm³/mol. The van der Waals surface area contributed by atoms with Gasteiger partial charge in [0.05, 0.1) is 13.0 Å². The second kappa shape index (κ2) is 5.19. The number of carbonyl (C=O) groups is 1. The molecule has 1 aliphatic heterocycles. The highest BCUT2D eigenvalue weighted by atomic mass is 35.5. The van der Waals surface area contributed by atoms with E-state index in [0.717, 1.165) is 5.56 Å². The molecule has 0 spiro atoms. The summed E-state index contributed by atoms with van der Waals surface area (Å²) in [7, 11) is 0. The van der Waals surface area contributed by atoms with Gasteiger partial charge in [-0.15, -0.1) is 0 Å². The van der Waals surface area contributed by atoms with Gasteiger partial charge in [0.2, 0.25) is 0 Å². The van der Waals surface area contributed by atoms with Gasteiger partial charge in [-0.25, -0.2) is 0 Å². The van der Waals surface area contributed by atoms with Crippen molar-refractivity contribution in [3.8, 4) is 0 Å². The van der Waals surface area contributed by atoms with Crippen molar-refractivity contribution in [2.75, 3.05) is 6.54 Å². The summed E-state index contributed by atoms with van der Waals surface area (Å²) in [6.45, 7) is 0.409. The van der Waals surface area contributed by atoms with Crippen LogP contribution in [-0.4, -0.2) is 29.6 Å². The molecule has 0 bridgehead atoms. The molecule has 0 aliphatic carbocycles. The molecule has 1 aromatic carbocycles. The first-order valence-electron chi connectivity index (χ1n) is 5.30. The molecule has 0 amide bonds. The van der Waals surface area contributed by atoms with E-state index in [2.05, 4.69) is 4.99 Å². The monoisotopic (exact) mass is 253 g/mol. The van der Waals surface area contributed by atoms with Crippen LogP contribution >= 0.6 is 11.6 Å². The Morgan fingerprint density at radius 2 is 2.29 bits per heavy atom. The van der Waals surface area contributed by atoms with E-state index in [-0.39, 0.29) is 12.5 Å². The highest BCUT2D eigenvalue weighted by molar-refractivity contribution is 6.31. The van der Waals surface area contributed by atoms with Crippen molar-refractivity contribution < 1.29 is 14.6 Å². The summed E-state index contributed by atoms with van der Waals surface area (Å²) in [5.41, 5.74) is 0.934. The largest absolute Gasteiger partial charge is 0.481 e. The summed E-state index contributed by atoms with van der Waals surface area (Å²) < 4.78 is 5.44. The van der Waals surface area contributed by atoms with Crippen molar-refractivity contribution >= 4 is 23.5 Å². The van der Waals surface area contributed by atoms with Crippen LogP contribution in [0.1, 0.15) is 12.0 Å². The lowest BCUT2D eigenvalue weighted by Gasteiger charge is -2.09. The van der Waals surface area contributed by atoms with Crippen LogP contribution in [0.25, 0.3) is 0 Å². The molecule has 0 saturated carbocycles. The number of aliphatic imine (C=N–C) groups is 1. The van der Waals surface area contributed by atoms with Gasteiger partial charge in [0.25, 0.3) is 0 Å². The lowest BCUT2D eigenvalue weighted by molar-refractivity contribution is -0.138. The average Bonchev–Trinajstić information content (AvgIpc) is 2.68. The third-order valence-electron chi connectivity index (χ3n) is 2.48. The number of ether oxygens (including phenoxy) is 1. The van der Waals surface area contributed by atoms with Crippen LogP contribution in [0.15, 0.2) is 29.3 Å². The van der Waals surface area contributed by atoms with Crippen molar-refractivity contribution in [1.29, 1.82) is 0 Å². The molecule has 4 nitrogen and oxygen atoms in total. The fourth-order valence-corrected chi connectivity index (χ4v) is 1.88. The van der Waals surface area contributed by atoms with E-state index in [1.54, 1.807) is 6.07 Å². The zero-order valence-corrected chi connectivity index (χ0v) is 9.85. The molecule has 0 saturated heterocycles. The SMILES string of the molecule is O=C(O)CC1CN=C(Cc2ccccc2Cl)O1. The molecule has 1 atom stereocenters. The summed E-state index contributed by atoms with van der Waals surface area (Å²) in [4.78, 5) is 14.7. The van der Waals surface area contributed by atoms with E-state index in [4.69, 9.17) is 21.4 Å². The third-order valence-corrected chi connectivity index (χ3v) is 2.84. The van der Waals surface area contributed by atoms with Crippen LogP contribution in [-0.2, 0) is 16.0 Å². The Morgan fingerprint density at radius 1 is 1.53 bits per heavy atom. The maximum Gasteiger partial charge on any atom is 0.307 e. The molecular weight excluding hydrogens is 242 g/mol. The van der Waals surface area contributed by atoms with Crippen molar-refractivity contribution in [3.05, 3.63) is 34.9 Å². The molecule has 0 aromatic heterocycles. The molecule has 0 radical (unpaired) electrons. The van der Waals surface area contributed by atoms with Crippen LogP contribution in [0.5, 0.6) is 0 Å². The van der Waals surface area contributed by atoms with Crippen LogP contribution in [0.3, 0.4) is 0 Å². The maximum absolute atomic E-state index is 10.5. The van der Waals surface area contributed by atoms with E-state index in [9.17, 15) is 4.79 Å². The Kier molecular flexibility index (Phi) is 3.64. The van der Waals surface area contributed by atoms with E-state index in [1.165, 1.54) is 0 Å². The van der Waals surface area contributed by atoms with Gasteiger partial charge in [-0.3, -0.25) is 9.79 Å². The highest BCUT2D eigenvalue weighted by Gasteiger charge is 2.22. The van der Waals surface area contributed by atoms with Crippen molar-refractivity contribution in [3.63, 3.8) is 0 Å². The molecule has 1 heterocycles. The van der Waals surface area contributed by atoms with Crippen LogP contribution in [0.4, 0.5) is 0 Å². The van der Waals surface area contributed by atoms with Crippen molar-refractivity contribution in [2.24, 2.45) is 4.99 Å². The van der Waals surface area contributed by atoms with Gasteiger partial charge in [-0.1, -0.05) is 29.8 Å². The summed E-state index contributed by atoms with van der Waals surface area (Å²) in [5, 5.41) is 9.31. The van der Waals surface area contributed by atoms with Gasteiger partial charge in [-0.05, 0) is 11.6 Å².